The third-order valence-corrected chi connectivity index (χ3v) is 3.93. The molecule has 1 saturated heterocycles. The van der Waals surface area contributed by atoms with Crippen molar-refractivity contribution in [1.82, 2.24) is 4.90 Å². The van der Waals surface area contributed by atoms with E-state index in [-0.39, 0.29) is 24.1 Å². The molecular formula is C16H22N2O4. The normalized spacial score (nSPS) is 17.9. The first kappa shape index (κ1) is 16.1. The molecule has 2 N–H and O–H groups in total. The number of carbonyl (C=O) groups is 2. The first-order valence-corrected chi connectivity index (χ1v) is 7.43. The van der Waals surface area contributed by atoms with Gasteiger partial charge in [0.15, 0.2) is 6.61 Å². The number of piperidine rings is 1. The van der Waals surface area contributed by atoms with E-state index >= 15 is 0 Å². The van der Waals surface area contributed by atoms with Crippen molar-refractivity contribution < 1.29 is 19.1 Å². The number of hydrogen-bond donors (Lipinski definition) is 1. The van der Waals surface area contributed by atoms with Crippen molar-refractivity contribution in [3.8, 4) is 11.5 Å². The Hall–Kier alpha value is -2.24. The lowest BCUT2D eigenvalue weighted by molar-refractivity contribution is -0.136. The Kier molecular flexibility index (Phi) is 5.25. The molecule has 0 unspecified atom stereocenters. The van der Waals surface area contributed by atoms with Gasteiger partial charge < -0.3 is 20.1 Å². The number of primary amides is 1. The zero-order valence-electron chi connectivity index (χ0n) is 13.0. The zero-order valence-corrected chi connectivity index (χ0v) is 13.0. The van der Waals surface area contributed by atoms with Crippen LogP contribution in [0.4, 0.5) is 0 Å². The summed E-state index contributed by atoms with van der Waals surface area (Å²) >= 11 is 0. The molecule has 0 saturated carbocycles. The monoisotopic (exact) mass is 306 g/mol. The van der Waals surface area contributed by atoms with E-state index in [1.165, 1.54) is 13.2 Å². The lowest BCUT2D eigenvalue weighted by atomic mass is 10.0. The van der Waals surface area contributed by atoms with E-state index in [9.17, 15) is 9.59 Å². The average molecular weight is 306 g/mol. The fraction of sp³-hybridized carbons (Fsp3) is 0.500. The molecule has 22 heavy (non-hydrogen) atoms. The topological polar surface area (TPSA) is 81.9 Å². The molecule has 1 atom stereocenters. The Morgan fingerprint density at radius 2 is 2.14 bits per heavy atom. The molecule has 1 aliphatic heterocycles. The highest BCUT2D eigenvalue weighted by atomic mass is 16.5. The highest BCUT2D eigenvalue weighted by Crippen LogP contribution is 2.24. The number of carbonyl (C=O) groups excluding carboxylic acids is 2. The summed E-state index contributed by atoms with van der Waals surface area (Å²) in [7, 11) is 1.50. The number of hydrogen-bond acceptors (Lipinski definition) is 4. The molecular weight excluding hydrogens is 284 g/mol. The molecule has 1 fully saturated rings. The van der Waals surface area contributed by atoms with Gasteiger partial charge in [-0.1, -0.05) is 0 Å². The fourth-order valence-electron chi connectivity index (χ4n) is 2.65. The fourth-order valence-corrected chi connectivity index (χ4v) is 2.65. The second-order valence-electron chi connectivity index (χ2n) is 5.45. The zero-order chi connectivity index (χ0) is 16.1. The minimum atomic E-state index is -0.618. The van der Waals surface area contributed by atoms with Gasteiger partial charge in [0.1, 0.15) is 11.5 Å². The van der Waals surface area contributed by atoms with Gasteiger partial charge in [-0.3, -0.25) is 9.59 Å². The molecule has 0 aromatic heterocycles. The van der Waals surface area contributed by atoms with Gasteiger partial charge in [-0.05, 0) is 44.4 Å². The van der Waals surface area contributed by atoms with Crippen LogP contribution in [0.15, 0.2) is 18.2 Å². The molecule has 2 amide bonds. The van der Waals surface area contributed by atoms with Gasteiger partial charge in [0, 0.05) is 12.6 Å². The number of nitrogens with two attached hydrogens (primary N) is 1. The second kappa shape index (κ2) is 7.15. The smallest absolute Gasteiger partial charge is 0.260 e. The highest BCUT2D eigenvalue weighted by Gasteiger charge is 2.23. The van der Waals surface area contributed by atoms with Crippen LogP contribution in [-0.2, 0) is 4.79 Å². The Morgan fingerprint density at radius 3 is 2.77 bits per heavy atom. The van der Waals surface area contributed by atoms with Gasteiger partial charge >= 0.3 is 0 Å². The SMILES string of the molecule is COc1ccc(OCC(=O)N2CCCC[C@H]2C)c(C(N)=O)c1. The lowest BCUT2D eigenvalue weighted by Gasteiger charge is -2.33. The van der Waals surface area contributed by atoms with Crippen LogP contribution in [0.25, 0.3) is 0 Å². The third-order valence-electron chi connectivity index (χ3n) is 3.93. The Bertz CT molecular complexity index is 559. The molecule has 1 aliphatic rings. The first-order valence-electron chi connectivity index (χ1n) is 7.43. The summed E-state index contributed by atoms with van der Waals surface area (Å²) in [6.45, 7) is 2.70. The van der Waals surface area contributed by atoms with E-state index in [0.717, 1.165) is 25.8 Å². The standard InChI is InChI=1S/C16H22N2O4/c1-11-5-3-4-8-18(11)15(19)10-22-14-7-6-12(21-2)9-13(14)16(17)20/h6-7,9,11H,3-5,8,10H2,1-2H3,(H2,17,20)/t11-/m1/s1. The molecule has 0 spiro atoms. The Labute approximate surface area is 130 Å². The highest BCUT2D eigenvalue weighted by molar-refractivity contribution is 5.96. The molecule has 2 rings (SSSR count). The van der Waals surface area contributed by atoms with Gasteiger partial charge in [-0.25, -0.2) is 0 Å². The number of amides is 2. The van der Waals surface area contributed by atoms with Crippen molar-refractivity contribution in [1.29, 1.82) is 0 Å². The molecule has 0 bridgehead atoms. The van der Waals surface area contributed by atoms with Gasteiger partial charge in [0.2, 0.25) is 0 Å². The van der Waals surface area contributed by atoms with Crippen molar-refractivity contribution in [3.63, 3.8) is 0 Å². The number of likely N-dealkylation sites (tertiary alicyclic amines) is 1. The maximum absolute atomic E-state index is 12.2. The molecule has 0 radical (unpaired) electrons. The van der Waals surface area contributed by atoms with Crippen molar-refractivity contribution >= 4 is 11.8 Å². The van der Waals surface area contributed by atoms with Crippen LogP contribution in [0.3, 0.4) is 0 Å². The summed E-state index contributed by atoms with van der Waals surface area (Å²) in [6, 6.07) is 4.99. The van der Waals surface area contributed by atoms with E-state index < -0.39 is 5.91 Å². The number of rotatable bonds is 5. The third kappa shape index (κ3) is 3.69. The minimum absolute atomic E-state index is 0.0709. The van der Waals surface area contributed by atoms with Crippen molar-refractivity contribution in [3.05, 3.63) is 23.8 Å². The molecule has 1 aromatic rings. The summed E-state index contributed by atoms with van der Waals surface area (Å²) in [5, 5.41) is 0. The summed E-state index contributed by atoms with van der Waals surface area (Å²) in [5.41, 5.74) is 5.55. The Morgan fingerprint density at radius 1 is 1.36 bits per heavy atom. The molecule has 6 nitrogen and oxygen atoms in total. The molecule has 0 aliphatic carbocycles. The van der Waals surface area contributed by atoms with Gasteiger partial charge in [-0.2, -0.15) is 0 Å². The predicted molar refractivity (Wildman–Crippen MR) is 82.0 cm³/mol. The van der Waals surface area contributed by atoms with Crippen LogP contribution in [0.5, 0.6) is 11.5 Å². The maximum atomic E-state index is 12.2. The van der Waals surface area contributed by atoms with E-state index in [1.54, 1.807) is 12.1 Å². The summed E-state index contributed by atoms with van der Waals surface area (Å²) in [4.78, 5) is 25.6. The van der Waals surface area contributed by atoms with Crippen molar-refractivity contribution in [2.45, 2.75) is 32.2 Å². The van der Waals surface area contributed by atoms with E-state index in [4.69, 9.17) is 15.2 Å². The van der Waals surface area contributed by atoms with E-state index in [2.05, 4.69) is 0 Å². The van der Waals surface area contributed by atoms with E-state index in [0.29, 0.717) is 11.5 Å². The second-order valence-corrected chi connectivity index (χ2v) is 5.45. The van der Waals surface area contributed by atoms with Crippen LogP contribution < -0.4 is 15.2 Å². The molecule has 1 aromatic carbocycles. The molecule has 6 heteroatoms. The van der Waals surface area contributed by atoms with E-state index in [1.807, 2.05) is 11.8 Å². The van der Waals surface area contributed by atoms with Crippen molar-refractivity contribution in [2.75, 3.05) is 20.3 Å². The molecule has 120 valence electrons. The number of benzene rings is 1. The summed E-state index contributed by atoms with van der Waals surface area (Å²) in [5.74, 6) is 0.120. The van der Waals surface area contributed by atoms with Gasteiger partial charge in [-0.15, -0.1) is 0 Å². The van der Waals surface area contributed by atoms with Crippen LogP contribution in [0.2, 0.25) is 0 Å². The van der Waals surface area contributed by atoms with Crippen LogP contribution in [0, 0.1) is 0 Å². The predicted octanol–water partition coefficient (Wildman–Crippen LogP) is 1.57. The summed E-state index contributed by atoms with van der Waals surface area (Å²) < 4.78 is 10.6. The van der Waals surface area contributed by atoms with Gasteiger partial charge in [0.05, 0.1) is 12.7 Å². The number of methoxy groups -OCH3 is 1. The lowest BCUT2D eigenvalue weighted by Crippen LogP contribution is -2.44. The number of ether oxygens (including phenoxy) is 2. The van der Waals surface area contributed by atoms with Gasteiger partial charge in [0.25, 0.3) is 11.8 Å². The largest absolute Gasteiger partial charge is 0.497 e. The minimum Gasteiger partial charge on any atom is -0.497 e. The Balaban J connectivity index is 2.04. The maximum Gasteiger partial charge on any atom is 0.260 e. The first-order chi connectivity index (χ1) is 10.5. The number of nitrogens with zero attached hydrogens (tertiary/aromatic N) is 1. The van der Waals surface area contributed by atoms with Crippen LogP contribution >= 0.6 is 0 Å². The summed E-state index contributed by atoms with van der Waals surface area (Å²) in [6.07, 6.45) is 3.18. The molecule has 1 heterocycles. The van der Waals surface area contributed by atoms with Crippen LogP contribution in [-0.4, -0.2) is 43.0 Å². The average Bonchev–Trinajstić information content (AvgIpc) is 2.52. The van der Waals surface area contributed by atoms with Crippen LogP contribution in [0.1, 0.15) is 36.5 Å². The van der Waals surface area contributed by atoms with Crippen molar-refractivity contribution in [2.24, 2.45) is 5.73 Å². The quantitative estimate of drug-likeness (QED) is 0.895.